The molecule has 0 fully saturated rings. The lowest BCUT2D eigenvalue weighted by Gasteiger charge is -2.13. The molecule has 1 aliphatic heterocycles. The molecule has 1 unspecified atom stereocenters. The minimum absolute atomic E-state index is 0.00181. The van der Waals surface area contributed by atoms with Gasteiger partial charge in [-0.1, -0.05) is 0 Å². The molecule has 15 heavy (non-hydrogen) atoms. The Labute approximate surface area is 96.5 Å². The highest BCUT2D eigenvalue weighted by Gasteiger charge is 2.33. The van der Waals surface area contributed by atoms with Crippen molar-refractivity contribution in [2.45, 2.75) is 9.46 Å². The van der Waals surface area contributed by atoms with E-state index in [4.69, 9.17) is 0 Å². The van der Waals surface area contributed by atoms with E-state index in [1.165, 1.54) is 11.3 Å². The van der Waals surface area contributed by atoms with Crippen molar-refractivity contribution in [3.63, 3.8) is 0 Å². The number of carbonyl (C=O) groups is 2. The average Bonchev–Trinajstić information content (AvgIpc) is 2.67. The van der Waals surface area contributed by atoms with E-state index in [1.807, 2.05) is 19.0 Å². The first-order valence-corrected chi connectivity index (χ1v) is 6.26. The Morgan fingerprint density at radius 3 is 2.80 bits per heavy atom. The van der Waals surface area contributed by atoms with E-state index in [9.17, 15) is 9.59 Å². The monoisotopic (exact) mass is 241 g/mol. The summed E-state index contributed by atoms with van der Waals surface area (Å²) in [7, 11) is 3.91. The molecule has 0 aliphatic carbocycles. The Bertz CT molecular complexity index is 412. The van der Waals surface area contributed by atoms with E-state index in [2.05, 4.69) is 0 Å². The van der Waals surface area contributed by atoms with Crippen LogP contribution in [0.5, 0.6) is 0 Å². The summed E-state index contributed by atoms with van der Waals surface area (Å²) in [4.78, 5) is 25.1. The van der Waals surface area contributed by atoms with Crippen LogP contribution in [0.4, 0.5) is 0 Å². The summed E-state index contributed by atoms with van der Waals surface area (Å²) in [5.74, 6) is 0.160. The lowest BCUT2D eigenvalue weighted by molar-refractivity contribution is 0.0982. The fraction of sp³-hybridized carbons (Fsp3) is 0.400. The molecule has 1 aromatic rings. The Balaban J connectivity index is 2.20. The number of hydrogen-bond donors (Lipinski definition) is 0. The lowest BCUT2D eigenvalue weighted by atomic mass is 10.1. The lowest BCUT2D eigenvalue weighted by Crippen LogP contribution is -2.27. The van der Waals surface area contributed by atoms with Crippen LogP contribution in [0.25, 0.3) is 0 Å². The molecule has 0 N–H and O–H groups in total. The quantitative estimate of drug-likeness (QED) is 0.756. The van der Waals surface area contributed by atoms with Crippen LogP contribution in [-0.4, -0.2) is 42.9 Å². The Hall–Kier alpha value is -0.650. The molecule has 1 aliphatic rings. The number of aldehydes is 1. The number of hydrogen-bond acceptors (Lipinski definition) is 5. The standard InChI is InChI=1S/C10H11NO2S2/c1-11(2)4-8-9(13)7-3-6(5-12)14-10(7)15-8/h3,5,8H,4H2,1-2H3. The van der Waals surface area contributed by atoms with Gasteiger partial charge in [0.1, 0.15) is 0 Å². The predicted octanol–water partition coefficient (Wildman–Crippen LogP) is 1.78. The Kier molecular flexibility index (Phi) is 2.95. The van der Waals surface area contributed by atoms with Gasteiger partial charge in [0.2, 0.25) is 0 Å². The second kappa shape index (κ2) is 4.08. The van der Waals surface area contributed by atoms with Gasteiger partial charge in [0.15, 0.2) is 12.1 Å². The Morgan fingerprint density at radius 1 is 1.53 bits per heavy atom. The molecule has 80 valence electrons. The third-order valence-corrected chi connectivity index (χ3v) is 4.65. The number of fused-ring (bicyclic) bond motifs is 1. The van der Waals surface area contributed by atoms with Crippen LogP contribution < -0.4 is 0 Å². The van der Waals surface area contributed by atoms with Gasteiger partial charge in [0, 0.05) is 12.1 Å². The van der Waals surface area contributed by atoms with E-state index in [0.29, 0.717) is 4.88 Å². The number of rotatable bonds is 3. The van der Waals surface area contributed by atoms with Crippen LogP contribution in [0.1, 0.15) is 20.0 Å². The molecule has 1 aromatic heterocycles. The molecular formula is C10H11NO2S2. The maximum Gasteiger partial charge on any atom is 0.179 e. The van der Waals surface area contributed by atoms with E-state index in [1.54, 1.807) is 17.8 Å². The van der Waals surface area contributed by atoms with Crippen molar-refractivity contribution >= 4 is 35.2 Å². The zero-order valence-corrected chi connectivity index (χ0v) is 10.2. The van der Waals surface area contributed by atoms with E-state index >= 15 is 0 Å². The summed E-state index contributed by atoms with van der Waals surface area (Å²) in [6, 6.07) is 1.71. The van der Waals surface area contributed by atoms with Crippen molar-refractivity contribution in [1.82, 2.24) is 4.90 Å². The van der Waals surface area contributed by atoms with Crippen LogP contribution in [0.3, 0.4) is 0 Å². The average molecular weight is 241 g/mol. The fourth-order valence-electron chi connectivity index (χ4n) is 1.52. The van der Waals surface area contributed by atoms with Gasteiger partial charge >= 0.3 is 0 Å². The Morgan fingerprint density at radius 2 is 2.27 bits per heavy atom. The van der Waals surface area contributed by atoms with Crippen molar-refractivity contribution in [2.24, 2.45) is 0 Å². The van der Waals surface area contributed by atoms with Crippen molar-refractivity contribution in [3.8, 4) is 0 Å². The topological polar surface area (TPSA) is 37.4 Å². The van der Waals surface area contributed by atoms with Gasteiger partial charge in [-0.15, -0.1) is 23.1 Å². The number of Topliss-reactive ketones (excluding diaryl/α,β-unsaturated/α-hetero) is 1. The van der Waals surface area contributed by atoms with Crippen molar-refractivity contribution in [2.75, 3.05) is 20.6 Å². The summed E-state index contributed by atoms with van der Waals surface area (Å²) in [5, 5.41) is 0.00181. The second-order valence-corrected chi connectivity index (χ2v) is 6.26. The van der Waals surface area contributed by atoms with Crippen LogP contribution in [0, 0.1) is 0 Å². The van der Waals surface area contributed by atoms with E-state index < -0.39 is 0 Å². The van der Waals surface area contributed by atoms with Crippen molar-refractivity contribution in [1.29, 1.82) is 0 Å². The summed E-state index contributed by atoms with van der Waals surface area (Å²) in [6.07, 6.45) is 0.803. The van der Waals surface area contributed by atoms with Gasteiger partial charge < -0.3 is 4.90 Å². The van der Waals surface area contributed by atoms with Gasteiger partial charge in [-0.3, -0.25) is 9.59 Å². The van der Waals surface area contributed by atoms with E-state index in [0.717, 1.165) is 22.6 Å². The zero-order chi connectivity index (χ0) is 11.0. The largest absolute Gasteiger partial charge is 0.308 e. The van der Waals surface area contributed by atoms with Gasteiger partial charge in [-0.2, -0.15) is 0 Å². The third-order valence-electron chi connectivity index (χ3n) is 2.17. The second-order valence-electron chi connectivity index (χ2n) is 3.70. The number of nitrogens with zero attached hydrogens (tertiary/aromatic N) is 1. The minimum atomic E-state index is 0.00181. The minimum Gasteiger partial charge on any atom is -0.308 e. The molecule has 0 aromatic carbocycles. The molecule has 1 atom stereocenters. The molecule has 2 heterocycles. The normalized spacial score (nSPS) is 19.7. The first kappa shape index (κ1) is 10.9. The van der Waals surface area contributed by atoms with E-state index in [-0.39, 0.29) is 11.0 Å². The molecule has 0 radical (unpaired) electrons. The summed E-state index contributed by atoms with van der Waals surface area (Å²) in [6.45, 7) is 0.751. The van der Waals surface area contributed by atoms with Crippen LogP contribution in [-0.2, 0) is 0 Å². The van der Waals surface area contributed by atoms with Crippen LogP contribution in [0.15, 0.2) is 10.3 Å². The number of carbonyl (C=O) groups excluding carboxylic acids is 2. The molecule has 0 saturated carbocycles. The first-order chi connectivity index (χ1) is 7.11. The highest BCUT2D eigenvalue weighted by atomic mass is 32.2. The summed E-state index contributed by atoms with van der Waals surface area (Å²) < 4.78 is 0.994. The molecular weight excluding hydrogens is 230 g/mol. The number of thioether (sulfide) groups is 1. The molecule has 5 heteroatoms. The molecule has 2 rings (SSSR count). The smallest absolute Gasteiger partial charge is 0.179 e. The van der Waals surface area contributed by atoms with Gasteiger partial charge in [-0.05, 0) is 20.2 Å². The van der Waals surface area contributed by atoms with Crippen molar-refractivity contribution in [3.05, 3.63) is 16.5 Å². The van der Waals surface area contributed by atoms with Gasteiger partial charge in [0.05, 0.1) is 14.3 Å². The van der Waals surface area contributed by atoms with Gasteiger partial charge in [-0.25, -0.2) is 0 Å². The molecule has 3 nitrogen and oxygen atoms in total. The first-order valence-electron chi connectivity index (χ1n) is 4.56. The van der Waals surface area contributed by atoms with Gasteiger partial charge in [0.25, 0.3) is 0 Å². The number of thiophene rings is 1. The maximum atomic E-state index is 11.9. The van der Waals surface area contributed by atoms with Crippen molar-refractivity contribution < 1.29 is 9.59 Å². The SMILES string of the molecule is CN(C)CC1Sc2sc(C=O)cc2C1=O. The van der Waals surface area contributed by atoms with Crippen LogP contribution in [0.2, 0.25) is 0 Å². The molecule has 0 saturated heterocycles. The number of ketones is 1. The zero-order valence-electron chi connectivity index (χ0n) is 8.52. The molecule has 0 amide bonds. The summed E-state index contributed by atoms with van der Waals surface area (Å²) >= 11 is 2.99. The highest BCUT2D eigenvalue weighted by Crippen LogP contribution is 2.42. The predicted molar refractivity (Wildman–Crippen MR) is 62.2 cm³/mol. The third kappa shape index (κ3) is 2.00. The molecule has 0 bridgehead atoms. The maximum absolute atomic E-state index is 11.9. The molecule has 0 spiro atoms. The summed E-state index contributed by atoms with van der Waals surface area (Å²) in [5.41, 5.74) is 0.735. The van der Waals surface area contributed by atoms with Crippen LogP contribution >= 0.6 is 23.1 Å². The highest BCUT2D eigenvalue weighted by molar-refractivity contribution is 8.03. The fourth-order valence-corrected chi connectivity index (χ4v) is 4.21.